The Bertz CT molecular complexity index is 604. The largest absolute Gasteiger partial charge is 0.357 e. The molecule has 5 heteroatoms. The zero-order chi connectivity index (χ0) is 13.9. The Morgan fingerprint density at radius 3 is 2.75 bits per heavy atom. The molecule has 0 unspecified atom stereocenters. The molecule has 1 saturated heterocycles. The molecule has 1 fully saturated rings. The highest BCUT2D eigenvalue weighted by Crippen LogP contribution is 2.22. The van der Waals surface area contributed by atoms with Gasteiger partial charge in [0.2, 0.25) is 0 Å². The molecule has 0 aromatic carbocycles. The second-order valence-electron chi connectivity index (χ2n) is 4.93. The fourth-order valence-corrected chi connectivity index (χ4v) is 3.01. The Balaban J connectivity index is 1.75. The van der Waals surface area contributed by atoms with E-state index in [4.69, 9.17) is 0 Å². The topological polar surface area (TPSA) is 45.2 Å². The summed E-state index contributed by atoms with van der Waals surface area (Å²) in [7, 11) is 0. The highest BCUT2D eigenvalue weighted by atomic mass is 32.1. The summed E-state index contributed by atoms with van der Waals surface area (Å²) >= 11 is 1.44. The summed E-state index contributed by atoms with van der Waals surface area (Å²) < 4.78 is 0. The molecule has 4 nitrogen and oxygen atoms in total. The Hall–Kier alpha value is -1.88. The first kappa shape index (κ1) is 13.1. The Kier molecular flexibility index (Phi) is 3.69. The van der Waals surface area contributed by atoms with Crippen molar-refractivity contribution in [3.05, 3.63) is 40.2 Å². The van der Waals surface area contributed by atoms with E-state index in [-0.39, 0.29) is 5.91 Å². The molecule has 0 aliphatic carbocycles. The lowest BCUT2D eigenvalue weighted by atomic mass is 10.3. The number of pyridine rings is 1. The van der Waals surface area contributed by atoms with Crippen LogP contribution >= 0.6 is 11.3 Å². The Morgan fingerprint density at radius 1 is 1.30 bits per heavy atom. The fraction of sp³-hybridized carbons (Fsp3) is 0.333. The lowest BCUT2D eigenvalue weighted by Crippen LogP contribution is -2.19. The predicted octanol–water partition coefficient (Wildman–Crippen LogP) is 3.30. The second kappa shape index (κ2) is 5.63. The molecule has 2 aromatic heterocycles. The van der Waals surface area contributed by atoms with Gasteiger partial charge in [-0.2, -0.15) is 0 Å². The van der Waals surface area contributed by atoms with Gasteiger partial charge in [-0.15, -0.1) is 11.3 Å². The van der Waals surface area contributed by atoms with E-state index in [9.17, 15) is 4.79 Å². The lowest BCUT2D eigenvalue weighted by molar-refractivity contribution is 0.103. The number of anilines is 2. The minimum Gasteiger partial charge on any atom is -0.357 e. The van der Waals surface area contributed by atoms with Crippen LogP contribution in [0.1, 0.15) is 28.2 Å². The lowest BCUT2D eigenvalue weighted by Gasteiger charge is -2.17. The number of hydrogen-bond acceptors (Lipinski definition) is 4. The van der Waals surface area contributed by atoms with Gasteiger partial charge in [0.1, 0.15) is 5.82 Å². The summed E-state index contributed by atoms with van der Waals surface area (Å²) in [6.45, 7) is 4.09. The van der Waals surface area contributed by atoms with Gasteiger partial charge in [-0.1, -0.05) is 6.07 Å². The van der Waals surface area contributed by atoms with Gasteiger partial charge < -0.3 is 10.2 Å². The maximum absolute atomic E-state index is 12.0. The molecule has 0 atom stereocenters. The van der Waals surface area contributed by atoms with E-state index in [1.807, 2.05) is 36.6 Å². The van der Waals surface area contributed by atoms with Crippen molar-refractivity contribution in [3.63, 3.8) is 0 Å². The van der Waals surface area contributed by atoms with Crippen LogP contribution in [0, 0.1) is 6.92 Å². The molecular weight excluding hydrogens is 270 g/mol. The summed E-state index contributed by atoms with van der Waals surface area (Å²) in [5, 5.41) is 4.82. The van der Waals surface area contributed by atoms with Crippen molar-refractivity contribution in [2.45, 2.75) is 19.8 Å². The molecule has 1 aliphatic heterocycles. The van der Waals surface area contributed by atoms with Gasteiger partial charge in [0.15, 0.2) is 0 Å². The highest BCUT2D eigenvalue weighted by Gasteiger charge is 2.15. The summed E-state index contributed by atoms with van der Waals surface area (Å²) in [5.74, 6) is 0.938. The summed E-state index contributed by atoms with van der Waals surface area (Å²) in [5.41, 5.74) is 1.64. The van der Waals surface area contributed by atoms with Crippen LogP contribution in [-0.4, -0.2) is 24.0 Å². The first-order valence-electron chi connectivity index (χ1n) is 6.81. The number of hydrogen-bond donors (Lipinski definition) is 1. The number of aromatic nitrogens is 1. The molecule has 0 radical (unpaired) electrons. The molecule has 3 rings (SSSR count). The third-order valence-corrected chi connectivity index (χ3v) is 4.36. The number of rotatable bonds is 3. The monoisotopic (exact) mass is 287 g/mol. The van der Waals surface area contributed by atoms with E-state index in [2.05, 4.69) is 15.2 Å². The number of thiophene rings is 1. The van der Waals surface area contributed by atoms with Crippen LogP contribution in [0.2, 0.25) is 0 Å². The quantitative estimate of drug-likeness (QED) is 0.942. The number of aryl methyl sites for hydroxylation is 1. The van der Waals surface area contributed by atoms with Crippen LogP contribution in [0.3, 0.4) is 0 Å². The van der Waals surface area contributed by atoms with E-state index in [0.717, 1.165) is 30.3 Å². The van der Waals surface area contributed by atoms with Gasteiger partial charge >= 0.3 is 0 Å². The van der Waals surface area contributed by atoms with Crippen LogP contribution in [0.25, 0.3) is 0 Å². The average Bonchev–Trinajstić information content (AvgIpc) is 3.14. The molecule has 2 aromatic rings. The number of amides is 1. The minimum absolute atomic E-state index is 0.0705. The van der Waals surface area contributed by atoms with Gasteiger partial charge in [-0.3, -0.25) is 4.79 Å². The molecule has 0 spiro atoms. The summed E-state index contributed by atoms with van der Waals surface area (Å²) in [6, 6.07) is 7.63. The molecule has 1 amide bonds. The van der Waals surface area contributed by atoms with Crippen LogP contribution in [0.5, 0.6) is 0 Å². The summed E-state index contributed by atoms with van der Waals surface area (Å²) in [4.78, 5) is 19.6. The van der Waals surface area contributed by atoms with Crippen molar-refractivity contribution in [1.82, 2.24) is 4.98 Å². The van der Waals surface area contributed by atoms with Crippen LogP contribution < -0.4 is 10.2 Å². The van der Waals surface area contributed by atoms with Crippen molar-refractivity contribution >= 4 is 28.7 Å². The maximum Gasteiger partial charge on any atom is 0.265 e. The molecule has 0 saturated carbocycles. The van der Waals surface area contributed by atoms with E-state index in [1.165, 1.54) is 24.2 Å². The van der Waals surface area contributed by atoms with Crippen LogP contribution in [0.4, 0.5) is 11.5 Å². The molecule has 1 N–H and O–H groups in total. The van der Waals surface area contributed by atoms with Crippen LogP contribution in [0.15, 0.2) is 29.6 Å². The Labute approximate surface area is 122 Å². The van der Waals surface area contributed by atoms with Crippen LogP contribution in [-0.2, 0) is 0 Å². The van der Waals surface area contributed by atoms with Crippen molar-refractivity contribution in [1.29, 1.82) is 0 Å². The first-order chi connectivity index (χ1) is 9.74. The van der Waals surface area contributed by atoms with E-state index < -0.39 is 0 Å². The van der Waals surface area contributed by atoms with Gasteiger partial charge in [0, 0.05) is 13.1 Å². The third kappa shape index (κ3) is 2.67. The number of carbonyl (C=O) groups is 1. The number of carbonyl (C=O) groups excluding carboxylic acids is 1. The zero-order valence-electron chi connectivity index (χ0n) is 11.4. The fourth-order valence-electron chi connectivity index (χ4n) is 2.39. The molecule has 104 valence electrons. The predicted molar refractivity (Wildman–Crippen MR) is 82.7 cm³/mol. The van der Waals surface area contributed by atoms with Crippen molar-refractivity contribution in [2.24, 2.45) is 0 Å². The van der Waals surface area contributed by atoms with E-state index >= 15 is 0 Å². The smallest absolute Gasteiger partial charge is 0.265 e. The SMILES string of the molecule is Cc1nc(N2CCCC2)ccc1NC(=O)c1cccs1. The van der Waals surface area contributed by atoms with E-state index in [1.54, 1.807) is 0 Å². The van der Waals surface area contributed by atoms with Gasteiger partial charge in [-0.25, -0.2) is 4.98 Å². The third-order valence-electron chi connectivity index (χ3n) is 3.49. The van der Waals surface area contributed by atoms with Gasteiger partial charge in [0.25, 0.3) is 5.91 Å². The normalized spacial score (nSPS) is 14.6. The molecule has 3 heterocycles. The molecule has 1 aliphatic rings. The van der Waals surface area contributed by atoms with Gasteiger partial charge in [-0.05, 0) is 43.3 Å². The molecule has 0 bridgehead atoms. The maximum atomic E-state index is 12.0. The minimum atomic E-state index is -0.0705. The zero-order valence-corrected chi connectivity index (χ0v) is 12.2. The van der Waals surface area contributed by atoms with Crippen molar-refractivity contribution in [2.75, 3.05) is 23.3 Å². The number of nitrogens with zero attached hydrogens (tertiary/aromatic N) is 2. The highest BCUT2D eigenvalue weighted by molar-refractivity contribution is 7.12. The first-order valence-corrected chi connectivity index (χ1v) is 7.69. The molecule has 20 heavy (non-hydrogen) atoms. The molecular formula is C15H17N3OS. The Morgan fingerprint density at radius 2 is 2.10 bits per heavy atom. The standard InChI is InChI=1S/C15H17N3OS/c1-11-12(17-15(19)13-5-4-10-20-13)6-7-14(16-11)18-8-2-3-9-18/h4-7,10H,2-3,8-9H2,1H3,(H,17,19). The average molecular weight is 287 g/mol. The van der Waals surface area contributed by atoms with E-state index in [0.29, 0.717) is 4.88 Å². The van der Waals surface area contributed by atoms with Crippen molar-refractivity contribution in [3.8, 4) is 0 Å². The van der Waals surface area contributed by atoms with Crippen molar-refractivity contribution < 1.29 is 4.79 Å². The summed E-state index contributed by atoms with van der Waals surface area (Å²) in [6.07, 6.45) is 2.47. The number of nitrogens with one attached hydrogen (secondary N) is 1. The second-order valence-corrected chi connectivity index (χ2v) is 5.88. The van der Waals surface area contributed by atoms with Gasteiger partial charge in [0.05, 0.1) is 16.3 Å².